The van der Waals surface area contributed by atoms with Crippen molar-refractivity contribution < 1.29 is 13.6 Å². The molecule has 0 spiro atoms. The maximum Gasteiger partial charge on any atom is 0.295 e. The first-order valence-corrected chi connectivity index (χ1v) is 6.37. The van der Waals surface area contributed by atoms with Crippen LogP contribution in [0.25, 0.3) is 5.69 Å². The molecule has 1 N–H and O–H groups in total. The molecular formula is C15H10F2N4O. The Kier molecular flexibility index (Phi) is 3.61. The van der Waals surface area contributed by atoms with E-state index in [1.165, 1.54) is 17.1 Å². The number of amides is 1. The Labute approximate surface area is 124 Å². The number of hydrogen-bond acceptors (Lipinski definition) is 3. The molecule has 5 nitrogen and oxygen atoms in total. The van der Waals surface area contributed by atoms with E-state index in [0.29, 0.717) is 5.69 Å². The van der Waals surface area contributed by atoms with Crippen molar-refractivity contribution in [2.24, 2.45) is 0 Å². The van der Waals surface area contributed by atoms with E-state index in [-0.39, 0.29) is 5.82 Å². The van der Waals surface area contributed by atoms with Crippen LogP contribution < -0.4 is 5.32 Å². The minimum atomic E-state index is -0.865. The molecule has 0 unspecified atom stereocenters. The molecule has 3 aromatic rings. The monoisotopic (exact) mass is 300 g/mol. The number of benzene rings is 2. The third-order valence-corrected chi connectivity index (χ3v) is 2.92. The lowest BCUT2D eigenvalue weighted by atomic mass is 10.3. The van der Waals surface area contributed by atoms with E-state index < -0.39 is 23.2 Å². The maximum atomic E-state index is 13.5. The summed E-state index contributed by atoms with van der Waals surface area (Å²) in [7, 11) is 0. The summed E-state index contributed by atoms with van der Waals surface area (Å²) < 4.78 is 28.4. The van der Waals surface area contributed by atoms with Gasteiger partial charge in [-0.2, -0.15) is 0 Å². The molecule has 1 aromatic heterocycles. The van der Waals surface area contributed by atoms with Gasteiger partial charge in [0.1, 0.15) is 23.6 Å². The molecule has 1 amide bonds. The van der Waals surface area contributed by atoms with Crippen LogP contribution in [0.4, 0.5) is 14.5 Å². The van der Waals surface area contributed by atoms with Crippen molar-refractivity contribution in [2.75, 3.05) is 5.32 Å². The molecule has 0 atom stereocenters. The molecule has 0 saturated carbocycles. The topological polar surface area (TPSA) is 59.8 Å². The third kappa shape index (κ3) is 2.69. The molecule has 0 aliphatic rings. The molecule has 0 bridgehead atoms. The summed E-state index contributed by atoms with van der Waals surface area (Å²) in [5.41, 5.74) is 0.190. The number of nitrogens with zero attached hydrogens (tertiary/aromatic N) is 3. The van der Waals surface area contributed by atoms with Gasteiger partial charge in [0.05, 0.1) is 5.69 Å². The third-order valence-electron chi connectivity index (χ3n) is 2.92. The summed E-state index contributed by atoms with van der Waals surface area (Å²) in [5.74, 6) is -2.71. The molecule has 1 heterocycles. The molecule has 0 fully saturated rings. The largest absolute Gasteiger partial charge is 0.314 e. The van der Waals surface area contributed by atoms with Crippen LogP contribution >= 0.6 is 0 Å². The van der Waals surface area contributed by atoms with Gasteiger partial charge in [0.2, 0.25) is 5.82 Å². The highest BCUT2D eigenvalue weighted by atomic mass is 19.1. The van der Waals surface area contributed by atoms with E-state index >= 15 is 0 Å². The van der Waals surface area contributed by atoms with E-state index in [9.17, 15) is 13.6 Å². The smallest absolute Gasteiger partial charge is 0.295 e. The predicted octanol–water partition coefficient (Wildman–Crippen LogP) is 2.80. The molecule has 0 saturated heterocycles. The number of rotatable bonds is 3. The first kappa shape index (κ1) is 13.9. The summed E-state index contributed by atoms with van der Waals surface area (Å²) in [6.07, 6.45) is 1.35. The molecule has 0 radical (unpaired) electrons. The van der Waals surface area contributed by atoms with E-state index in [1.54, 1.807) is 12.1 Å². The van der Waals surface area contributed by atoms with Crippen molar-refractivity contribution in [1.29, 1.82) is 0 Å². The van der Waals surface area contributed by atoms with Crippen LogP contribution in [0.5, 0.6) is 0 Å². The Morgan fingerprint density at radius 3 is 2.36 bits per heavy atom. The summed E-state index contributed by atoms with van der Waals surface area (Å²) in [6.45, 7) is 0. The van der Waals surface area contributed by atoms with Crippen LogP contribution in [0, 0.1) is 11.6 Å². The van der Waals surface area contributed by atoms with Crippen LogP contribution in [0.2, 0.25) is 0 Å². The van der Waals surface area contributed by atoms with Crippen molar-refractivity contribution in [3.63, 3.8) is 0 Å². The first-order valence-electron chi connectivity index (χ1n) is 6.37. The van der Waals surface area contributed by atoms with Gasteiger partial charge in [-0.3, -0.25) is 4.79 Å². The Hall–Kier alpha value is -3.09. The van der Waals surface area contributed by atoms with Gasteiger partial charge in [-0.15, -0.1) is 5.10 Å². The van der Waals surface area contributed by atoms with Gasteiger partial charge in [-0.1, -0.05) is 24.3 Å². The lowest BCUT2D eigenvalue weighted by molar-refractivity contribution is 0.101. The predicted molar refractivity (Wildman–Crippen MR) is 75.7 cm³/mol. The van der Waals surface area contributed by atoms with Crippen LogP contribution in [-0.4, -0.2) is 20.7 Å². The zero-order chi connectivity index (χ0) is 15.5. The fourth-order valence-electron chi connectivity index (χ4n) is 1.86. The molecule has 0 aliphatic heterocycles. The SMILES string of the molecule is O=C(Nc1c(F)cccc1F)c1ncn(-c2ccccc2)n1. The van der Waals surface area contributed by atoms with Crippen molar-refractivity contribution in [3.8, 4) is 5.69 Å². The van der Waals surface area contributed by atoms with Gasteiger partial charge in [-0.05, 0) is 24.3 Å². The van der Waals surface area contributed by atoms with Gasteiger partial charge >= 0.3 is 0 Å². The quantitative estimate of drug-likeness (QED) is 0.809. The molecular weight excluding hydrogens is 290 g/mol. The molecule has 3 rings (SSSR count). The van der Waals surface area contributed by atoms with Crippen molar-refractivity contribution in [3.05, 3.63) is 72.3 Å². The molecule has 7 heteroatoms. The molecule has 2 aromatic carbocycles. The Balaban J connectivity index is 1.83. The lowest BCUT2D eigenvalue weighted by Crippen LogP contribution is -2.16. The summed E-state index contributed by atoms with van der Waals surface area (Å²) in [6, 6.07) is 12.3. The van der Waals surface area contributed by atoms with Crippen LogP contribution in [0.1, 0.15) is 10.6 Å². The fourth-order valence-corrected chi connectivity index (χ4v) is 1.86. The van der Waals surface area contributed by atoms with E-state index in [4.69, 9.17) is 0 Å². The lowest BCUT2D eigenvalue weighted by Gasteiger charge is -2.05. The first-order chi connectivity index (χ1) is 10.6. The van der Waals surface area contributed by atoms with Crippen LogP contribution in [-0.2, 0) is 0 Å². The highest BCUT2D eigenvalue weighted by Crippen LogP contribution is 2.18. The van der Waals surface area contributed by atoms with Crippen LogP contribution in [0.15, 0.2) is 54.9 Å². The van der Waals surface area contributed by atoms with Gasteiger partial charge in [0, 0.05) is 0 Å². The van der Waals surface area contributed by atoms with Crippen molar-refractivity contribution in [2.45, 2.75) is 0 Å². The Bertz CT molecular complexity index is 797. The van der Waals surface area contributed by atoms with Crippen LogP contribution in [0.3, 0.4) is 0 Å². The zero-order valence-electron chi connectivity index (χ0n) is 11.2. The van der Waals surface area contributed by atoms with E-state index in [1.807, 2.05) is 18.2 Å². The van der Waals surface area contributed by atoms with Gasteiger partial charge < -0.3 is 5.32 Å². The van der Waals surface area contributed by atoms with Gasteiger partial charge in [0.15, 0.2) is 0 Å². The van der Waals surface area contributed by atoms with E-state index in [2.05, 4.69) is 15.4 Å². The maximum absolute atomic E-state index is 13.5. The second kappa shape index (κ2) is 5.72. The minimum absolute atomic E-state index is 0.188. The standard InChI is InChI=1S/C15H10F2N4O/c16-11-7-4-8-12(17)13(11)19-15(22)14-18-9-21(20-14)10-5-2-1-3-6-10/h1-9H,(H,19,22). The van der Waals surface area contributed by atoms with Crippen molar-refractivity contribution >= 4 is 11.6 Å². The normalized spacial score (nSPS) is 10.5. The number of nitrogens with one attached hydrogen (secondary N) is 1. The summed E-state index contributed by atoms with van der Waals surface area (Å²) in [5, 5.41) is 6.12. The fraction of sp³-hybridized carbons (Fsp3) is 0. The highest BCUT2D eigenvalue weighted by Gasteiger charge is 2.16. The van der Waals surface area contributed by atoms with E-state index in [0.717, 1.165) is 12.1 Å². The van der Waals surface area contributed by atoms with Gasteiger partial charge in [0.25, 0.3) is 5.91 Å². The zero-order valence-corrected chi connectivity index (χ0v) is 11.2. The average Bonchev–Trinajstić information content (AvgIpc) is 3.02. The minimum Gasteiger partial charge on any atom is -0.314 e. The number of aromatic nitrogens is 3. The highest BCUT2D eigenvalue weighted by molar-refractivity contribution is 6.01. The number of carbonyl (C=O) groups excluding carboxylic acids is 1. The number of hydrogen-bond donors (Lipinski definition) is 1. The number of halogens is 2. The number of para-hydroxylation sites is 2. The second-order valence-electron chi connectivity index (χ2n) is 4.40. The number of anilines is 1. The van der Waals surface area contributed by atoms with Crippen molar-refractivity contribution in [1.82, 2.24) is 14.8 Å². The molecule has 110 valence electrons. The summed E-state index contributed by atoms with van der Waals surface area (Å²) in [4.78, 5) is 15.8. The average molecular weight is 300 g/mol. The number of carbonyl (C=O) groups is 1. The summed E-state index contributed by atoms with van der Waals surface area (Å²) >= 11 is 0. The Morgan fingerprint density at radius 2 is 1.68 bits per heavy atom. The molecule has 0 aliphatic carbocycles. The van der Waals surface area contributed by atoms with Gasteiger partial charge in [-0.25, -0.2) is 18.4 Å². The second-order valence-corrected chi connectivity index (χ2v) is 4.40. The molecule has 22 heavy (non-hydrogen) atoms. The Morgan fingerprint density at radius 1 is 1.00 bits per heavy atom.